The van der Waals surface area contributed by atoms with Gasteiger partial charge in [-0.25, -0.2) is 0 Å². The van der Waals surface area contributed by atoms with Crippen LogP contribution in [0.15, 0.2) is 60.8 Å². The summed E-state index contributed by atoms with van der Waals surface area (Å²) in [5.41, 5.74) is 0. The third kappa shape index (κ3) is 46.0. The highest BCUT2D eigenvalue weighted by atomic mass is 16.6. The summed E-state index contributed by atoms with van der Waals surface area (Å²) in [6.45, 7) is 6.46. The number of hydrogen-bond donors (Lipinski definition) is 0. The van der Waals surface area contributed by atoms with Crippen LogP contribution in [0.5, 0.6) is 0 Å². The van der Waals surface area contributed by atoms with Crippen molar-refractivity contribution in [3.8, 4) is 0 Å². The van der Waals surface area contributed by atoms with E-state index in [2.05, 4.69) is 81.5 Å². The van der Waals surface area contributed by atoms with Gasteiger partial charge in [0.15, 0.2) is 6.10 Å². The fraction of sp³-hybridized carbons (Fsp3) is 0.755. The molecule has 0 aromatic heterocycles. The molecule has 0 rings (SSSR count). The molecule has 1 unspecified atom stereocenters. The molecule has 0 aliphatic heterocycles. The van der Waals surface area contributed by atoms with Crippen molar-refractivity contribution in [2.75, 3.05) is 13.2 Å². The minimum atomic E-state index is -0.781. The lowest BCUT2D eigenvalue weighted by Gasteiger charge is -2.18. The fourth-order valence-electron chi connectivity index (χ4n) is 6.82. The first-order valence-electron chi connectivity index (χ1n) is 24.8. The van der Waals surface area contributed by atoms with Crippen LogP contribution in [0, 0.1) is 0 Å². The largest absolute Gasteiger partial charge is 0.462 e. The zero-order valence-electron chi connectivity index (χ0n) is 38.8. The van der Waals surface area contributed by atoms with Gasteiger partial charge in [0.05, 0.1) is 0 Å². The lowest BCUT2D eigenvalue weighted by atomic mass is 10.0. The average Bonchev–Trinajstić information content (AvgIpc) is 3.23. The molecule has 0 amide bonds. The highest BCUT2D eigenvalue weighted by molar-refractivity contribution is 5.71. The van der Waals surface area contributed by atoms with Gasteiger partial charge in [-0.2, -0.15) is 0 Å². The average molecular weight is 825 g/mol. The molecule has 340 valence electrons. The molecule has 0 N–H and O–H groups in total. The van der Waals surface area contributed by atoms with Crippen molar-refractivity contribution in [3.05, 3.63) is 60.8 Å². The number of rotatable bonds is 44. The summed E-state index contributed by atoms with van der Waals surface area (Å²) in [5, 5.41) is 0. The second-order valence-corrected chi connectivity index (χ2v) is 16.4. The van der Waals surface area contributed by atoms with Gasteiger partial charge in [0.1, 0.15) is 13.2 Å². The maximum atomic E-state index is 12.7. The Kier molecular flexibility index (Phi) is 45.4. The molecule has 0 radical (unpaired) electrons. The molecule has 0 aliphatic carbocycles. The van der Waals surface area contributed by atoms with E-state index in [9.17, 15) is 14.4 Å². The van der Waals surface area contributed by atoms with Crippen molar-refractivity contribution in [2.24, 2.45) is 0 Å². The topological polar surface area (TPSA) is 78.9 Å². The fourth-order valence-corrected chi connectivity index (χ4v) is 6.82. The van der Waals surface area contributed by atoms with E-state index in [0.29, 0.717) is 19.3 Å². The number of hydrogen-bond acceptors (Lipinski definition) is 6. The Morgan fingerprint density at radius 3 is 1.03 bits per heavy atom. The predicted molar refractivity (Wildman–Crippen MR) is 251 cm³/mol. The molecule has 6 heteroatoms. The van der Waals surface area contributed by atoms with Crippen molar-refractivity contribution in [1.82, 2.24) is 0 Å². The summed E-state index contributed by atoms with van der Waals surface area (Å²) in [5.74, 6) is -0.919. The van der Waals surface area contributed by atoms with E-state index < -0.39 is 6.10 Å². The Labute approximate surface area is 364 Å². The summed E-state index contributed by atoms with van der Waals surface area (Å²) < 4.78 is 16.7. The first kappa shape index (κ1) is 56.1. The third-order valence-electron chi connectivity index (χ3n) is 10.5. The van der Waals surface area contributed by atoms with E-state index in [0.717, 1.165) is 96.3 Å². The van der Waals surface area contributed by atoms with Crippen molar-refractivity contribution in [3.63, 3.8) is 0 Å². The molecule has 0 aliphatic rings. The standard InChI is InChI=1S/C53H92O6/c1-4-7-10-13-16-18-20-22-24-25-26-27-29-30-32-34-37-40-43-46-52(55)58-49-50(48-57-51(54)45-42-39-36-15-12-9-6-3)59-53(56)47-44-41-38-35-33-31-28-23-21-19-17-14-11-8-5-2/h7,10,16,18,22,24,26-27,30,32,50H,4-6,8-9,11-15,17,19-21,23,25,28-29,31,33-49H2,1-3H3/b10-7-,18-16-,24-22-,27-26-,32-30-. The molecule has 6 nitrogen and oxygen atoms in total. The van der Waals surface area contributed by atoms with Crippen molar-refractivity contribution < 1.29 is 28.6 Å². The van der Waals surface area contributed by atoms with Gasteiger partial charge in [0.2, 0.25) is 0 Å². The van der Waals surface area contributed by atoms with Crippen LogP contribution in [0.2, 0.25) is 0 Å². The third-order valence-corrected chi connectivity index (χ3v) is 10.5. The molecule has 0 aromatic rings. The molecule has 1 atom stereocenters. The number of esters is 3. The molecule has 59 heavy (non-hydrogen) atoms. The number of ether oxygens (including phenoxy) is 3. The number of carbonyl (C=O) groups is 3. The molecule has 0 bridgehead atoms. The lowest BCUT2D eigenvalue weighted by Crippen LogP contribution is -2.30. The minimum absolute atomic E-state index is 0.0829. The number of allylic oxidation sites excluding steroid dienone is 10. The highest BCUT2D eigenvalue weighted by Gasteiger charge is 2.19. The maximum Gasteiger partial charge on any atom is 0.306 e. The smallest absolute Gasteiger partial charge is 0.306 e. The second kappa shape index (κ2) is 47.8. The van der Waals surface area contributed by atoms with Gasteiger partial charge in [-0.3, -0.25) is 14.4 Å². The Morgan fingerprint density at radius 1 is 0.356 bits per heavy atom. The summed E-state index contributed by atoms with van der Waals surface area (Å²) in [6, 6.07) is 0. The quantitative estimate of drug-likeness (QED) is 0.0263. The van der Waals surface area contributed by atoms with Crippen molar-refractivity contribution in [2.45, 2.75) is 245 Å². The predicted octanol–water partition coefficient (Wildman–Crippen LogP) is 16.1. The molecule has 0 saturated carbocycles. The van der Waals surface area contributed by atoms with E-state index in [1.54, 1.807) is 0 Å². The molecule has 0 saturated heterocycles. The summed E-state index contributed by atoms with van der Waals surface area (Å²) in [6.07, 6.45) is 57.9. The maximum absolute atomic E-state index is 12.7. The SMILES string of the molecule is CC/C=C\C/C=C\C/C=C\C/C=C\C/C=C\CCCCCC(=O)OCC(COC(=O)CCCCCCCCC)OC(=O)CCCCCCCCCCCCCCCCC. The number of unbranched alkanes of at least 4 members (excludes halogenated alkanes) is 23. The molecular weight excluding hydrogens is 733 g/mol. The summed E-state index contributed by atoms with van der Waals surface area (Å²) in [7, 11) is 0. The highest BCUT2D eigenvalue weighted by Crippen LogP contribution is 2.15. The van der Waals surface area contributed by atoms with Crippen LogP contribution in [0.4, 0.5) is 0 Å². The van der Waals surface area contributed by atoms with Crippen LogP contribution < -0.4 is 0 Å². The van der Waals surface area contributed by atoms with Crippen LogP contribution >= 0.6 is 0 Å². The zero-order chi connectivity index (χ0) is 43.0. The minimum Gasteiger partial charge on any atom is -0.462 e. The normalized spacial score (nSPS) is 12.5. The summed E-state index contributed by atoms with van der Waals surface area (Å²) in [4.78, 5) is 37.7. The molecule has 0 heterocycles. The van der Waals surface area contributed by atoms with Crippen LogP contribution in [0.25, 0.3) is 0 Å². The van der Waals surface area contributed by atoms with E-state index in [1.165, 1.54) is 103 Å². The Morgan fingerprint density at radius 2 is 0.661 bits per heavy atom. The Bertz CT molecular complexity index is 1090. The van der Waals surface area contributed by atoms with E-state index in [1.807, 2.05) is 0 Å². The van der Waals surface area contributed by atoms with Crippen molar-refractivity contribution in [1.29, 1.82) is 0 Å². The van der Waals surface area contributed by atoms with Crippen LogP contribution in [0.3, 0.4) is 0 Å². The second-order valence-electron chi connectivity index (χ2n) is 16.4. The monoisotopic (exact) mass is 825 g/mol. The van der Waals surface area contributed by atoms with Gasteiger partial charge >= 0.3 is 17.9 Å². The Balaban J connectivity index is 4.32. The van der Waals surface area contributed by atoms with Gasteiger partial charge in [0.25, 0.3) is 0 Å². The van der Waals surface area contributed by atoms with Gasteiger partial charge in [-0.05, 0) is 64.2 Å². The van der Waals surface area contributed by atoms with Crippen LogP contribution in [0.1, 0.15) is 239 Å². The van der Waals surface area contributed by atoms with E-state index in [-0.39, 0.29) is 31.1 Å². The van der Waals surface area contributed by atoms with E-state index >= 15 is 0 Å². The zero-order valence-corrected chi connectivity index (χ0v) is 38.8. The lowest BCUT2D eigenvalue weighted by molar-refractivity contribution is -0.167. The first-order chi connectivity index (χ1) is 29.0. The van der Waals surface area contributed by atoms with Crippen LogP contribution in [-0.2, 0) is 28.6 Å². The van der Waals surface area contributed by atoms with Gasteiger partial charge in [0, 0.05) is 19.3 Å². The molecule has 0 spiro atoms. The van der Waals surface area contributed by atoms with Crippen molar-refractivity contribution >= 4 is 17.9 Å². The molecule has 0 fully saturated rings. The van der Waals surface area contributed by atoms with Gasteiger partial charge in [-0.15, -0.1) is 0 Å². The Hall–Kier alpha value is -2.89. The van der Waals surface area contributed by atoms with E-state index in [4.69, 9.17) is 14.2 Å². The van der Waals surface area contributed by atoms with Crippen LogP contribution in [-0.4, -0.2) is 37.2 Å². The first-order valence-corrected chi connectivity index (χ1v) is 24.8. The summed E-state index contributed by atoms with van der Waals surface area (Å²) >= 11 is 0. The molecular formula is C53H92O6. The van der Waals surface area contributed by atoms with Gasteiger partial charge < -0.3 is 14.2 Å². The number of carbonyl (C=O) groups excluding carboxylic acids is 3. The molecule has 0 aromatic carbocycles. The van der Waals surface area contributed by atoms with Gasteiger partial charge in [-0.1, -0.05) is 216 Å².